The lowest BCUT2D eigenvalue weighted by Crippen LogP contribution is -2.20. The van der Waals surface area contributed by atoms with Gasteiger partial charge in [-0.1, -0.05) is 19.1 Å². The standard InChI is InChI=1S/C14H24N2O/c1-12(11-15)7-6-10-16(2)13-8-4-5-9-14(13)17-3/h4-5,8-9,12H,6-7,10-11,15H2,1-3H3. The molecule has 0 saturated heterocycles. The van der Waals surface area contributed by atoms with Gasteiger partial charge in [-0.05, 0) is 37.4 Å². The van der Waals surface area contributed by atoms with E-state index < -0.39 is 0 Å². The molecule has 0 aliphatic carbocycles. The molecule has 1 unspecified atom stereocenters. The van der Waals surface area contributed by atoms with Crippen LogP contribution in [0.25, 0.3) is 0 Å². The van der Waals surface area contributed by atoms with E-state index in [2.05, 4.69) is 24.9 Å². The van der Waals surface area contributed by atoms with E-state index in [4.69, 9.17) is 10.5 Å². The molecule has 0 spiro atoms. The molecule has 1 aromatic carbocycles. The monoisotopic (exact) mass is 236 g/mol. The number of para-hydroxylation sites is 2. The molecule has 0 heterocycles. The minimum absolute atomic E-state index is 0.612. The van der Waals surface area contributed by atoms with Crippen LogP contribution in [0, 0.1) is 5.92 Å². The van der Waals surface area contributed by atoms with E-state index in [1.807, 2.05) is 18.2 Å². The largest absolute Gasteiger partial charge is 0.495 e. The van der Waals surface area contributed by atoms with Crippen molar-refractivity contribution in [3.8, 4) is 5.75 Å². The van der Waals surface area contributed by atoms with Gasteiger partial charge in [0.05, 0.1) is 12.8 Å². The van der Waals surface area contributed by atoms with Crippen LogP contribution in [0.2, 0.25) is 0 Å². The topological polar surface area (TPSA) is 38.5 Å². The van der Waals surface area contributed by atoms with E-state index in [0.29, 0.717) is 5.92 Å². The zero-order chi connectivity index (χ0) is 12.7. The minimum atomic E-state index is 0.612. The van der Waals surface area contributed by atoms with Gasteiger partial charge < -0.3 is 15.4 Å². The highest BCUT2D eigenvalue weighted by molar-refractivity contribution is 5.57. The summed E-state index contributed by atoms with van der Waals surface area (Å²) in [4.78, 5) is 2.24. The molecule has 1 aromatic rings. The summed E-state index contributed by atoms with van der Waals surface area (Å²) in [5.41, 5.74) is 6.76. The SMILES string of the molecule is COc1ccccc1N(C)CCCC(C)CN. The van der Waals surface area contributed by atoms with Gasteiger partial charge in [-0.25, -0.2) is 0 Å². The second-order valence-corrected chi connectivity index (χ2v) is 4.58. The van der Waals surface area contributed by atoms with E-state index in [9.17, 15) is 0 Å². The molecule has 0 fully saturated rings. The molecule has 3 nitrogen and oxygen atoms in total. The first-order valence-corrected chi connectivity index (χ1v) is 6.23. The van der Waals surface area contributed by atoms with Gasteiger partial charge in [0.25, 0.3) is 0 Å². The first-order chi connectivity index (χ1) is 8.19. The van der Waals surface area contributed by atoms with Gasteiger partial charge in [-0.2, -0.15) is 0 Å². The fourth-order valence-corrected chi connectivity index (χ4v) is 1.86. The summed E-state index contributed by atoms with van der Waals surface area (Å²) in [7, 11) is 3.81. The van der Waals surface area contributed by atoms with E-state index in [1.54, 1.807) is 7.11 Å². The summed E-state index contributed by atoms with van der Waals surface area (Å²) in [6, 6.07) is 8.11. The molecular formula is C14H24N2O. The van der Waals surface area contributed by atoms with E-state index in [1.165, 1.54) is 6.42 Å². The van der Waals surface area contributed by atoms with Gasteiger partial charge in [0.1, 0.15) is 5.75 Å². The average molecular weight is 236 g/mol. The lowest BCUT2D eigenvalue weighted by Gasteiger charge is -2.22. The van der Waals surface area contributed by atoms with Crippen molar-refractivity contribution in [2.45, 2.75) is 19.8 Å². The molecule has 0 bridgehead atoms. The van der Waals surface area contributed by atoms with Crippen LogP contribution in [0.4, 0.5) is 5.69 Å². The highest BCUT2D eigenvalue weighted by atomic mass is 16.5. The Hall–Kier alpha value is -1.22. The molecule has 0 aliphatic rings. The average Bonchev–Trinajstić information content (AvgIpc) is 2.38. The summed E-state index contributed by atoms with van der Waals surface area (Å²) >= 11 is 0. The van der Waals surface area contributed by atoms with E-state index >= 15 is 0 Å². The van der Waals surface area contributed by atoms with Crippen LogP contribution in [0.1, 0.15) is 19.8 Å². The second-order valence-electron chi connectivity index (χ2n) is 4.58. The summed E-state index contributed by atoms with van der Waals surface area (Å²) < 4.78 is 5.35. The van der Waals surface area contributed by atoms with Crippen molar-refractivity contribution in [3.63, 3.8) is 0 Å². The fourth-order valence-electron chi connectivity index (χ4n) is 1.86. The van der Waals surface area contributed by atoms with Crippen LogP contribution in [-0.4, -0.2) is 27.2 Å². The third-order valence-electron chi connectivity index (χ3n) is 3.09. The fraction of sp³-hybridized carbons (Fsp3) is 0.571. The molecule has 0 aliphatic heterocycles. The van der Waals surface area contributed by atoms with Crippen LogP contribution in [0.3, 0.4) is 0 Å². The van der Waals surface area contributed by atoms with Crippen LogP contribution in [0.15, 0.2) is 24.3 Å². The van der Waals surface area contributed by atoms with Crippen molar-refractivity contribution in [1.82, 2.24) is 0 Å². The summed E-state index contributed by atoms with van der Waals surface area (Å²) in [6.45, 7) is 4.01. The van der Waals surface area contributed by atoms with Crippen LogP contribution >= 0.6 is 0 Å². The number of nitrogens with two attached hydrogens (primary N) is 1. The van der Waals surface area contributed by atoms with Gasteiger partial charge in [0.15, 0.2) is 0 Å². The van der Waals surface area contributed by atoms with Crippen molar-refractivity contribution >= 4 is 5.69 Å². The molecule has 96 valence electrons. The molecule has 1 atom stereocenters. The first-order valence-electron chi connectivity index (χ1n) is 6.23. The van der Waals surface area contributed by atoms with E-state index in [-0.39, 0.29) is 0 Å². The number of rotatable bonds is 7. The Kier molecular flexibility index (Phi) is 5.84. The van der Waals surface area contributed by atoms with Crippen molar-refractivity contribution in [1.29, 1.82) is 0 Å². The predicted octanol–water partition coefficient (Wildman–Crippen LogP) is 2.51. The summed E-state index contributed by atoms with van der Waals surface area (Å²) in [5.74, 6) is 1.54. The molecule has 3 heteroatoms. The number of benzene rings is 1. The Bertz CT molecular complexity index is 328. The first kappa shape index (κ1) is 13.8. The Morgan fingerprint density at radius 2 is 2.06 bits per heavy atom. The summed E-state index contributed by atoms with van der Waals surface area (Å²) in [6.07, 6.45) is 2.34. The Balaban J connectivity index is 2.49. The van der Waals surface area contributed by atoms with E-state index in [0.717, 1.165) is 30.9 Å². The number of ether oxygens (including phenoxy) is 1. The smallest absolute Gasteiger partial charge is 0.142 e. The van der Waals surface area contributed by atoms with Gasteiger partial charge in [-0.15, -0.1) is 0 Å². The number of hydrogen-bond donors (Lipinski definition) is 1. The van der Waals surface area contributed by atoms with Gasteiger partial charge in [0, 0.05) is 13.6 Å². The van der Waals surface area contributed by atoms with Gasteiger partial charge >= 0.3 is 0 Å². The third kappa shape index (κ3) is 4.27. The van der Waals surface area contributed by atoms with Crippen LogP contribution in [0.5, 0.6) is 5.75 Å². The summed E-state index contributed by atoms with van der Waals surface area (Å²) in [5, 5.41) is 0. The lowest BCUT2D eigenvalue weighted by atomic mass is 10.1. The lowest BCUT2D eigenvalue weighted by molar-refractivity contribution is 0.414. The predicted molar refractivity (Wildman–Crippen MR) is 73.7 cm³/mol. The minimum Gasteiger partial charge on any atom is -0.495 e. The molecule has 0 aromatic heterocycles. The van der Waals surface area contributed by atoms with Crippen LogP contribution < -0.4 is 15.4 Å². The van der Waals surface area contributed by atoms with Crippen molar-refractivity contribution in [3.05, 3.63) is 24.3 Å². The Morgan fingerprint density at radius 3 is 2.71 bits per heavy atom. The molecule has 2 N–H and O–H groups in total. The zero-order valence-corrected chi connectivity index (χ0v) is 11.1. The normalized spacial score (nSPS) is 12.2. The van der Waals surface area contributed by atoms with Crippen molar-refractivity contribution in [2.75, 3.05) is 32.1 Å². The maximum atomic E-state index is 5.61. The quantitative estimate of drug-likeness (QED) is 0.790. The maximum Gasteiger partial charge on any atom is 0.142 e. The highest BCUT2D eigenvalue weighted by Gasteiger charge is 2.07. The Morgan fingerprint density at radius 1 is 1.35 bits per heavy atom. The van der Waals surface area contributed by atoms with Gasteiger partial charge in [-0.3, -0.25) is 0 Å². The number of nitrogens with zero attached hydrogens (tertiary/aromatic N) is 1. The molecule has 0 saturated carbocycles. The third-order valence-corrected chi connectivity index (χ3v) is 3.09. The van der Waals surface area contributed by atoms with Crippen LogP contribution in [-0.2, 0) is 0 Å². The molecule has 0 radical (unpaired) electrons. The Labute approximate surface area is 105 Å². The molecule has 1 rings (SSSR count). The number of anilines is 1. The highest BCUT2D eigenvalue weighted by Crippen LogP contribution is 2.26. The maximum absolute atomic E-state index is 5.61. The van der Waals surface area contributed by atoms with Crippen molar-refractivity contribution in [2.24, 2.45) is 11.7 Å². The molecular weight excluding hydrogens is 212 g/mol. The number of hydrogen-bond acceptors (Lipinski definition) is 3. The molecule has 0 amide bonds. The van der Waals surface area contributed by atoms with Gasteiger partial charge in [0.2, 0.25) is 0 Å². The molecule has 17 heavy (non-hydrogen) atoms. The second kappa shape index (κ2) is 7.17. The van der Waals surface area contributed by atoms with Crippen molar-refractivity contribution < 1.29 is 4.74 Å². The zero-order valence-electron chi connectivity index (χ0n) is 11.1. The number of methoxy groups -OCH3 is 1.